The first kappa shape index (κ1) is 22.9. The normalized spacial score (nSPS) is 18.8. The van der Waals surface area contributed by atoms with Crippen LogP contribution < -0.4 is 10.1 Å². The molecule has 0 saturated heterocycles. The van der Waals surface area contributed by atoms with Crippen LogP contribution in [0.15, 0.2) is 78.9 Å². The lowest BCUT2D eigenvalue weighted by atomic mass is 9.87. The molecule has 0 bridgehead atoms. The highest BCUT2D eigenvalue weighted by Gasteiger charge is 2.48. The monoisotopic (exact) mass is 445 g/mol. The van der Waals surface area contributed by atoms with Crippen molar-refractivity contribution in [1.82, 2.24) is 0 Å². The number of carbonyl (C=O) groups excluding carboxylic acids is 1. The Labute approximate surface area is 195 Å². The molecule has 0 radical (unpaired) electrons. The molecule has 0 amide bonds. The van der Waals surface area contributed by atoms with E-state index in [0.717, 1.165) is 17.0 Å². The molecule has 0 aromatic heterocycles. The maximum atomic E-state index is 12.9. The Bertz CT molecular complexity index is 1080. The minimum atomic E-state index is -0.768. The van der Waals surface area contributed by atoms with Gasteiger partial charge in [0.1, 0.15) is 17.5 Å². The van der Waals surface area contributed by atoms with Crippen LogP contribution in [0.3, 0.4) is 0 Å². The van der Waals surface area contributed by atoms with Crippen LogP contribution in [0.4, 0.5) is 5.69 Å². The molecule has 0 spiro atoms. The molecular formula is C28H31NO4. The van der Waals surface area contributed by atoms with Gasteiger partial charge in [-0.05, 0) is 63.6 Å². The highest BCUT2D eigenvalue weighted by atomic mass is 16.6. The van der Waals surface area contributed by atoms with Gasteiger partial charge in [0.2, 0.25) is 0 Å². The van der Waals surface area contributed by atoms with E-state index in [1.165, 1.54) is 5.56 Å². The number of carbonyl (C=O) groups is 1. The van der Waals surface area contributed by atoms with Crippen molar-refractivity contribution in [2.24, 2.45) is 0 Å². The molecule has 3 aromatic carbocycles. The molecule has 5 heteroatoms. The van der Waals surface area contributed by atoms with Gasteiger partial charge < -0.3 is 19.5 Å². The molecule has 172 valence electrons. The van der Waals surface area contributed by atoms with E-state index >= 15 is 0 Å². The fourth-order valence-electron chi connectivity index (χ4n) is 4.04. The fraction of sp³-hybridized carbons (Fsp3) is 0.321. The number of anilines is 1. The fourth-order valence-corrected chi connectivity index (χ4v) is 4.04. The van der Waals surface area contributed by atoms with Crippen LogP contribution in [-0.2, 0) is 16.0 Å². The van der Waals surface area contributed by atoms with Crippen LogP contribution in [0.1, 0.15) is 55.3 Å². The van der Waals surface area contributed by atoms with Gasteiger partial charge in [0.15, 0.2) is 6.10 Å². The van der Waals surface area contributed by atoms with E-state index in [0.29, 0.717) is 12.1 Å². The summed E-state index contributed by atoms with van der Waals surface area (Å²) < 4.78 is 18.7. The zero-order valence-corrected chi connectivity index (χ0v) is 19.6. The van der Waals surface area contributed by atoms with Crippen LogP contribution in [0.5, 0.6) is 5.75 Å². The molecule has 1 heterocycles. The second-order valence-electron chi connectivity index (χ2n) is 9.09. The number of esters is 1. The van der Waals surface area contributed by atoms with Crippen molar-refractivity contribution < 1.29 is 19.0 Å². The Balaban J connectivity index is 1.63. The molecule has 2 unspecified atom stereocenters. The Morgan fingerprint density at radius 2 is 1.67 bits per heavy atom. The van der Waals surface area contributed by atoms with Crippen LogP contribution in [0.2, 0.25) is 0 Å². The number of hydrogen-bond donors (Lipinski definition) is 1. The second-order valence-corrected chi connectivity index (χ2v) is 9.09. The second kappa shape index (κ2) is 9.67. The predicted molar refractivity (Wildman–Crippen MR) is 130 cm³/mol. The van der Waals surface area contributed by atoms with E-state index < -0.39 is 23.8 Å². The zero-order valence-electron chi connectivity index (χ0n) is 19.6. The molecule has 4 rings (SSSR count). The molecule has 3 aromatic rings. The smallest absolute Gasteiger partial charge is 0.338 e. The average Bonchev–Trinajstić information content (AvgIpc) is 2.80. The third-order valence-corrected chi connectivity index (χ3v) is 5.65. The molecule has 1 aliphatic heterocycles. The van der Waals surface area contributed by atoms with Gasteiger partial charge in [0.05, 0.1) is 11.7 Å². The summed E-state index contributed by atoms with van der Waals surface area (Å²) >= 11 is 0. The summed E-state index contributed by atoms with van der Waals surface area (Å²) in [6, 6.07) is 25.2. The number of nitrogens with one attached hydrogen (secondary N) is 1. The van der Waals surface area contributed by atoms with Crippen LogP contribution in [-0.4, -0.2) is 23.8 Å². The summed E-state index contributed by atoms with van der Waals surface area (Å²) in [5.41, 5.74) is 2.74. The third-order valence-electron chi connectivity index (χ3n) is 5.65. The van der Waals surface area contributed by atoms with Gasteiger partial charge in [-0.1, -0.05) is 48.5 Å². The zero-order chi connectivity index (χ0) is 23.4. The van der Waals surface area contributed by atoms with Crippen LogP contribution in [0, 0.1) is 0 Å². The molecule has 5 nitrogen and oxygen atoms in total. The van der Waals surface area contributed by atoms with E-state index in [1.54, 1.807) is 12.1 Å². The largest absolute Gasteiger partial charge is 0.483 e. The minimum Gasteiger partial charge on any atom is -0.483 e. The molecule has 0 aliphatic carbocycles. The highest BCUT2D eigenvalue weighted by Crippen LogP contribution is 2.45. The standard InChI is InChI=1S/C28H31NO4/c1-19(2)31-25-23-17-22(29-18-20-11-7-5-8-12-20)15-16-24(23)33-28(3,4)26(25)32-27(30)21-13-9-6-10-14-21/h5-17,19,25-26,29H,18H2,1-4H3. The lowest BCUT2D eigenvalue weighted by Crippen LogP contribution is -2.52. The topological polar surface area (TPSA) is 56.8 Å². The maximum Gasteiger partial charge on any atom is 0.338 e. The average molecular weight is 446 g/mol. The predicted octanol–water partition coefficient (Wildman–Crippen LogP) is 6.16. The van der Waals surface area contributed by atoms with Crippen molar-refractivity contribution >= 4 is 11.7 Å². The van der Waals surface area contributed by atoms with Crippen molar-refractivity contribution in [3.63, 3.8) is 0 Å². The van der Waals surface area contributed by atoms with Crippen molar-refractivity contribution in [2.75, 3.05) is 5.32 Å². The SMILES string of the molecule is CC(C)OC1c2cc(NCc3ccccc3)ccc2OC(C)(C)C1OC(=O)c1ccccc1. The molecule has 0 saturated carbocycles. The van der Waals surface area contributed by atoms with Gasteiger partial charge in [-0.15, -0.1) is 0 Å². The van der Waals surface area contributed by atoms with Gasteiger partial charge in [0.25, 0.3) is 0 Å². The first-order valence-corrected chi connectivity index (χ1v) is 11.4. The number of fused-ring (bicyclic) bond motifs is 1. The highest BCUT2D eigenvalue weighted by molar-refractivity contribution is 5.89. The lowest BCUT2D eigenvalue weighted by Gasteiger charge is -2.44. The van der Waals surface area contributed by atoms with E-state index in [4.69, 9.17) is 14.2 Å². The van der Waals surface area contributed by atoms with Crippen LogP contribution in [0.25, 0.3) is 0 Å². The Morgan fingerprint density at radius 1 is 1.00 bits per heavy atom. The number of hydrogen-bond acceptors (Lipinski definition) is 5. The maximum absolute atomic E-state index is 12.9. The lowest BCUT2D eigenvalue weighted by molar-refractivity contribution is -0.151. The molecule has 33 heavy (non-hydrogen) atoms. The van der Waals surface area contributed by atoms with E-state index in [2.05, 4.69) is 17.4 Å². The van der Waals surface area contributed by atoms with E-state index in [-0.39, 0.29) is 6.10 Å². The minimum absolute atomic E-state index is 0.0596. The number of ether oxygens (including phenoxy) is 3. The quantitative estimate of drug-likeness (QED) is 0.441. The summed E-state index contributed by atoms with van der Waals surface area (Å²) in [5.74, 6) is 0.347. The number of benzene rings is 3. The summed E-state index contributed by atoms with van der Waals surface area (Å²) in [6.07, 6.45) is -1.14. The molecule has 1 N–H and O–H groups in total. The van der Waals surface area contributed by atoms with E-state index in [1.807, 2.05) is 82.3 Å². The molecule has 2 atom stereocenters. The third kappa shape index (κ3) is 5.37. The molecule has 1 aliphatic rings. The first-order chi connectivity index (χ1) is 15.8. The molecule has 0 fully saturated rings. The summed E-state index contributed by atoms with van der Waals surface area (Å²) in [5, 5.41) is 3.47. The molecular weight excluding hydrogens is 414 g/mol. The number of rotatable bonds is 7. The van der Waals surface area contributed by atoms with Crippen molar-refractivity contribution in [2.45, 2.75) is 58.2 Å². The summed E-state index contributed by atoms with van der Waals surface area (Å²) in [6.45, 7) is 8.52. The van der Waals surface area contributed by atoms with Crippen LogP contribution >= 0.6 is 0 Å². The van der Waals surface area contributed by atoms with Gasteiger partial charge >= 0.3 is 5.97 Å². The Morgan fingerprint density at radius 3 is 2.33 bits per heavy atom. The summed E-state index contributed by atoms with van der Waals surface area (Å²) in [4.78, 5) is 12.9. The van der Waals surface area contributed by atoms with Crippen molar-refractivity contribution in [3.8, 4) is 5.75 Å². The Kier molecular flexibility index (Phi) is 6.70. The Hall–Kier alpha value is -3.31. The van der Waals surface area contributed by atoms with Gasteiger partial charge in [0, 0.05) is 17.8 Å². The van der Waals surface area contributed by atoms with E-state index in [9.17, 15) is 4.79 Å². The van der Waals surface area contributed by atoms with Gasteiger partial charge in [-0.2, -0.15) is 0 Å². The van der Waals surface area contributed by atoms with Crippen molar-refractivity contribution in [3.05, 3.63) is 95.6 Å². The summed E-state index contributed by atoms with van der Waals surface area (Å²) in [7, 11) is 0. The van der Waals surface area contributed by atoms with Gasteiger partial charge in [-0.3, -0.25) is 0 Å². The van der Waals surface area contributed by atoms with Crippen molar-refractivity contribution in [1.29, 1.82) is 0 Å². The van der Waals surface area contributed by atoms with Gasteiger partial charge in [-0.25, -0.2) is 4.79 Å². The first-order valence-electron chi connectivity index (χ1n) is 11.4.